The fraction of sp³-hybridized carbons (Fsp3) is 0.105. The molecule has 0 saturated heterocycles. The van der Waals surface area contributed by atoms with Gasteiger partial charge in [-0.05, 0) is 42.8 Å². The topological polar surface area (TPSA) is 99.6 Å². The molecular formula is C19H17ClN4O3. The van der Waals surface area contributed by atoms with Gasteiger partial charge < -0.3 is 9.84 Å². The van der Waals surface area contributed by atoms with Crippen LogP contribution in [-0.4, -0.2) is 34.0 Å². The summed E-state index contributed by atoms with van der Waals surface area (Å²) in [6, 6.07) is 13.6. The molecule has 1 amide bonds. The molecule has 8 heteroatoms. The van der Waals surface area contributed by atoms with Gasteiger partial charge in [-0.25, -0.2) is 5.43 Å². The highest BCUT2D eigenvalue weighted by molar-refractivity contribution is 6.33. The van der Waals surface area contributed by atoms with E-state index in [0.717, 1.165) is 5.56 Å². The largest absolute Gasteiger partial charge is 0.504 e. The number of ether oxygens (including phenoxy) is 1. The van der Waals surface area contributed by atoms with Crippen LogP contribution in [0.4, 0.5) is 0 Å². The molecule has 3 N–H and O–H groups in total. The van der Waals surface area contributed by atoms with Crippen molar-refractivity contribution < 1.29 is 14.6 Å². The van der Waals surface area contributed by atoms with E-state index < -0.39 is 5.91 Å². The predicted octanol–water partition coefficient (Wildman–Crippen LogP) is 3.60. The zero-order chi connectivity index (χ0) is 19.2. The molecule has 138 valence electrons. The molecule has 0 fully saturated rings. The summed E-state index contributed by atoms with van der Waals surface area (Å²) < 4.78 is 5.31. The van der Waals surface area contributed by atoms with Crippen LogP contribution in [0.3, 0.4) is 0 Å². The number of amides is 1. The van der Waals surface area contributed by atoms with E-state index in [9.17, 15) is 9.90 Å². The minimum atomic E-state index is -0.444. The Morgan fingerprint density at radius 1 is 1.33 bits per heavy atom. The van der Waals surface area contributed by atoms with Crippen LogP contribution in [0.5, 0.6) is 11.5 Å². The highest BCUT2D eigenvalue weighted by atomic mass is 35.5. The van der Waals surface area contributed by atoms with Gasteiger partial charge in [0.2, 0.25) is 0 Å². The number of nitrogens with zero attached hydrogens (tertiary/aromatic N) is 2. The number of hydrogen-bond donors (Lipinski definition) is 3. The molecule has 0 radical (unpaired) electrons. The summed E-state index contributed by atoms with van der Waals surface area (Å²) in [5.41, 5.74) is 4.62. The summed E-state index contributed by atoms with van der Waals surface area (Å²) in [7, 11) is 0. The van der Waals surface area contributed by atoms with E-state index in [1.54, 1.807) is 24.3 Å². The number of aromatic hydroxyl groups is 1. The first kappa shape index (κ1) is 18.5. The van der Waals surface area contributed by atoms with E-state index in [4.69, 9.17) is 16.3 Å². The normalized spacial score (nSPS) is 10.9. The second-order valence-electron chi connectivity index (χ2n) is 5.51. The average Bonchev–Trinajstić information content (AvgIpc) is 3.15. The number of H-pyrrole nitrogens is 1. The van der Waals surface area contributed by atoms with Crippen molar-refractivity contribution in [2.75, 3.05) is 6.61 Å². The van der Waals surface area contributed by atoms with Crippen LogP contribution in [0, 0.1) is 0 Å². The molecule has 0 aliphatic carbocycles. The van der Waals surface area contributed by atoms with Gasteiger partial charge in [0.15, 0.2) is 11.5 Å². The molecular weight excluding hydrogens is 368 g/mol. The molecule has 0 atom stereocenters. The predicted molar refractivity (Wildman–Crippen MR) is 103 cm³/mol. The Morgan fingerprint density at radius 2 is 2.15 bits per heavy atom. The number of carbonyl (C=O) groups is 1. The second kappa shape index (κ2) is 8.37. The van der Waals surface area contributed by atoms with Crippen LogP contribution >= 0.6 is 11.6 Å². The molecule has 3 rings (SSSR count). The molecule has 7 nitrogen and oxygen atoms in total. The van der Waals surface area contributed by atoms with Gasteiger partial charge in [-0.3, -0.25) is 9.89 Å². The zero-order valence-electron chi connectivity index (χ0n) is 14.4. The lowest BCUT2D eigenvalue weighted by molar-refractivity contribution is 0.0950. The Morgan fingerprint density at radius 3 is 2.93 bits per heavy atom. The molecule has 0 spiro atoms. The number of carbonyl (C=O) groups excluding carboxylic acids is 1. The molecule has 27 heavy (non-hydrogen) atoms. The highest BCUT2D eigenvalue weighted by Crippen LogP contribution is 2.27. The third-order valence-electron chi connectivity index (χ3n) is 3.64. The first-order chi connectivity index (χ1) is 13.1. The number of hydrogen-bond acceptors (Lipinski definition) is 5. The summed E-state index contributed by atoms with van der Waals surface area (Å²) in [4.78, 5) is 12.2. The smallest absolute Gasteiger partial charge is 0.289 e. The summed E-state index contributed by atoms with van der Waals surface area (Å²) in [5, 5.41) is 20.9. The van der Waals surface area contributed by atoms with Crippen molar-refractivity contribution in [3.63, 3.8) is 0 Å². The summed E-state index contributed by atoms with van der Waals surface area (Å²) >= 11 is 6.14. The van der Waals surface area contributed by atoms with E-state index in [1.165, 1.54) is 12.3 Å². The van der Waals surface area contributed by atoms with Crippen LogP contribution in [0.1, 0.15) is 23.0 Å². The first-order valence-electron chi connectivity index (χ1n) is 8.18. The standard InChI is InChI=1S/C19H17ClN4O3/c1-2-27-18-9-12(7-8-17(18)25)11-21-24-19(26)16-10-15(22-23-16)13-5-3-4-6-14(13)20/h3-11,25H,2H2,1H3,(H,22,23)(H,24,26)/b21-11-. The van der Waals surface area contributed by atoms with Crippen LogP contribution in [0.15, 0.2) is 53.6 Å². The van der Waals surface area contributed by atoms with Crippen molar-refractivity contribution in [1.29, 1.82) is 0 Å². The average molecular weight is 385 g/mol. The summed E-state index contributed by atoms with van der Waals surface area (Å²) in [6.07, 6.45) is 1.45. The Balaban J connectivity index is 1.67. The Hall–Kier alpha value is -3.32. The van der Waals surface area contributed by atoms with Gasteiger partial charge in [0.1, 0.15) is 5.69 Å². The van der Waals surface area contributed by atoms with Crippen molar-refractivity contribution in [2.24, 2.45) is 5.10 Å². The van der Waals surface area contributed by atoms with Crippen molar-refractivity contribution in [3.05, 3.63) is 64.8 Å². The van der Waals surface area contributed by atoms with E-state index in [1.807, 2.05) is 25.1 Å². The maximum atomic E-state index is 12.2. The quantitative estimate of drug-likeness (QED) is 0.446. The lowest BCUT2D eigenvalue weighted by Gasteiger charge is -2.05. The Labute approximate surface area is 160 Å². The number of halogens is 1. The van der Waals surface area contributed by atoms with Crippen LogP contribution in [0.2, 0.25) is 5.02 Å². The summed E-state index contributed by atoms with van der Waals surface area (Å²) in [5.74, 6) is -0.0470. The van der Waals surface area contributed by atoms with Crippen LogP contribution in [-0.2, 0) is 0 Å². The molecule has 1 aromatic heterocycles. The SMILES string of the molecule is CCOc1cc(/C=N\NC(=O)c2cc(-c3ccccc3Cl)n[nH]2)ccc1O. The summed E-state index contributed by atoms with van der Waals surface area (Å²) in [6.45, 7) is 2.25. The fourth-order valence-electron chi connectivity index (χ4n) is 2.35. The van der Waals surface area contributed by atoms with Gasteiger partial charge in [-0.1, -0.05) is 29.8 Å². The van der Waals surface area contributed by atoms with Gasteiger partial charge in [-0.15, -0.1) is 0 Å². The van der Waals surface area contributed by atoms with Crippen molar-refractivity contribution in [1.82, 2.24) is 15.6 Å². The number of phenolic OH excluding ortho intramolecular Hbond substituents is 1. The maximum absolute atomic E-state index is 12.2. The number of nitrogens with one attached hydrogen (secondary N) is 2. The monoisotopic (exact) mass is 384 g/mol. The number of benzene rings is 2. The number of phenols is 1. The number of rotatable bonds is 6. The first-order valence-corrected chi connectivity index (χ1v) is 8.56. The fourth-order valence-corrected chi connectivity index (χ4v) is 2.59. The van der Waals surface area contributed by atoms with Gasteiger partial charge >= 0.3 is 0 Å². The minimum Gasteiger partial charge on any atom is -0.504 e. The minimum absolute atomic E-state index is 0.0441. The maximum Gasteiger partial charge on any atom is 0.289 e. The molecule has 0 saturated carbocycles. The molecule has 0 aliphatic heterocycles. The van der Waals surface area contributed by atoms with E-state index >= 15 is 0 Å². The Bertz CT molecular complexity index is 985. The van der Waals surface area contributed by atoms with Gasteiger partial charge in [0, 0.05) is 5.56 Å². The Kier molecular flexibility index (Phi) is 5.73. The molecule has 2 aromatic carbocycles. The van der Waals surface area contributed by atoms with Crippen molar-refractivity contribution in [2.45, 2.75) is 6.92 Å². The highest BCUT2D eigenvalue weighted by Gasteiger charge is 2.12. The zero-order valence-corrected chi connectivity index (χ0v) is 15.2. The van der Waals surface area contributed by atoms with Crippen LogP contribution < -0.4 is 10.2 Å². The molecule has 3 aromatic rings. The third-order valence-corrected chi connectivity index (χ3v) is 3.97. The third kappa shape index (κ3) is 4.45. The van der Waals surface area contributed by atoms with E-state index in [-0.39, 0.29) is 11.4 Å². The molecule has 0 unspecified atom stereocenters. The van der Waals surface area contributed by atoms with Gasteiger partial charge in [0.05, 0.1) is 23.5 Å². The van der Waals surface area contributed by atoms with Gasteiger partial charge in [-0.2, -0.15) is 10.2 Å². The lowest BCUT2D eigenvalue weighted by Crippen LogP contribution is -2.18. The van der Waals surface area contributed by atoms with Crippen molar-refractivity contribution in [3.8, 4) is 22.8 Å². The van der Waals surface area contributed by atoms with E-state index in [2.05, 4.69) is 20.7 Å². The van der Waals surface area contributed by atoms with E-state index in [0.29, 0.717) is 28.6 Å². The van der Waals surface area contributed by atoms with Gasteiger partial charge in [0.25, 0.3) is 5.91 Å². The van der Waals surface area contributed by atoms with Crippen LogP contribution in [0.25, 0.3) is 11.3 Å². The number of aromatic nitrogens is 2. The molecule has 0 bridgehead atoms. The lowest BCUT2D eigenvalue weighted by atomic mass is 10.1. The molecule has 1 heterocycles. The second-order valence-corrected chi connectivity index (χ2v) is 5.91. The number of hydrazone groups is 1. The molecule has 0 aliphatic rings. The van der Waals surface area contributed by atoms with Crippen molar-refractivity contribution >= 4 is 23.7 Å². The number of aromatic amines is 1.